The van der Waals surface area contributed by atoms with E-state index in [1.165, 1.54) is 44.6 Å². The first-order valence-corrected chi connectivity index (χ1v) is 13.6. The van der Waals surface area contributed by atoms with Crippen molar-refractivity contribution in [1.82, 2.24) is 9.55 Å². The van der Waals surface area contributed by atoms with Gasteiger partial charge in [0.2, 0.25) is 6.23 Å². The highest BCUT2D eigenvalue weighted by atomic mass is 35.5. The first-order valence-electron chi connectivity index (χ1n) is 13.6. The van der Waals surface area contributed by atoms with Crippen LogP contribution in [0.15, 0.2) is 29.2 Å². The smallest absolute Gasteiger partial charge is 0.351 e. The quantitative estimate of drug-likeness (QED) is 0.133. The summed E-state index contributed by atoms with van der Waals surface area (Å²) in [6.45, 7) is 1.70. The van der Waals surface area contributed by atoms with E-state index in [0.717, 1.165) is 44.7 Å². The molecule has 1 aliphatic heterocycles. The van der Waals surface area contributed by atoms with Crippen molar-refractivity contribution in [2.75, 3.05) is 12.3 Å². The van der Waals surface area contributed by atoms with E-state index in [1.807, 2.05) is 0 Å². The van der Waals surface area contributed by atoms with Crippen LogP contribution < -0.4 is 11.4 Å². The minimum absolute atomic E-state index is 0. The molecule has 0 spiro atoms. The third-order valence-electron chi connectivity index (χ3n) is 6.53. The van der Waals surface area contributed by atoms with Crippen LogP contribution in [0.4, 0.5) is 14.6 Å². The Morgan fingerprint density at radius 3 is 2.29 bits per heavy atom. The van der Waals surface area contributed by atoms with Crippen LogP contribution in [-0.4, -0.2) is 45.4 Å². The molecule has 3 N–H and O–H groups in total. The summed E-state index contributed by atoms with van der Waals surface area (Å²) in [6, 6.07) is 1.18. The molecule has 0 aromatic carbocycles. The van der Waals surface area contributed by atoms with Crippen LogP contribution in [0, 0.1) is 0 Å². The average Bonchev–Trinajstić information content (AvgIpc) is 3.08. The van der Waals surface area contributed by atoms with E-state index in [2.05, 4.69) is 24.1 Å². The molecule has 0 saturated carbocycles. The summed E-state index contributed by atoms with van der Waals surface area (Å²) in [4.78, 5) is 27.3. The van der Waals surface area contributed by atoms with Gasteiger partial charge in [0.25, 0.3) is 0 Å². The zero-order valence-electron chi connectivity index (χ0n) is 22.4. The van der Waals surface area contributed by atoms with E-state index < -0.39 is 42.6 Å². The second-order valence-corrected chi connectivity index (χ2v) is 9.71. The maximum absolute atomic E-state index is 14.5. The lowest BCUT2D eigenvalue weighted by molar-refractivity contribution is -0.150. The number of carbonyl (C=O) groups is 1. The van der Waals surface area contributed by atoms with E-state index in [0.29, 0.717) is 11.0 Å². The van der Waals surface area contributed by atoms with Crippen molar-refractivity contribution in [2.45, 2.75) is 121 Å². The number of nitrogens with two attached hydrogens (primary N) is 1. The van der Waals surface area contributed by atoms with Gasteiger partial charge in [-0.3, -0.25) is 9.36 Å². The van der Waals surface area contributed by atoms with Crippen LogP contribution in [0.1, 0.15) is 103 Å². The number of hydrogen-bond acceptors (Lipinski definition) is 7. The SMILES string of the molecule is CCCCCCCC/C=C/CCCCCCCC(=O)OC[C@H]1O[C@@H](n2ccc(N)nc2=O)C(F)(F)[C@@H]1O.Cl. The van der Waals surface area contributed by atoms with Crippen molar-refractivity contribution in [1.29, 1.82) is 0 Å². The summed E-state index contributed by atoms with van der Waals surface area (Å²) in [7, 11) is 0. The summed E-state index contributed by atoms with van der Waals surface area (Å²) in [5.41, 5.74) is 4.35. The Kier molecular flexibility index (Phi) is 16.4. The van der Waals surface area contributed by atoms with E-state index in [1.54, 1.807) is 0 Å². The van der Waals surface area contributed by atoms with Gasteiger partial charge in [0.15, 0.2) is 6.10 Å². The summed E-state index contributed by atoms with van der Waals surface area (Å²) < 4.78 is 39.8. The third kappa shape index (κ3) is 11.4. The molecular weight excluding hydrogens is 520 g/mol. The second-order valence-electron chi connectivity index (χ2n) is 9.71. The van der Waals surface area contributed by atoms with Crippen molar-refractivity contribution in [3.8, 4) is 0 Å². The predicted molar refractivity (Wildman–Crippen MR) is 145 cm³/mol. The van der Waals surface area contributed by atoms with Crippen molar-refractivity contribution < 1.29 is 28.2 Å². The molecule has 1 fully saturated rings. The number of aliphatic hydroxyl groups is 1. The van der Waals surface area contributed by atoms with Gasteiger partial charge < -0.3 is 20.3 Å². The van der Waals surface area contributed by atoms with Crippen molar-refractivity contribution in [3.05, 3.63) is 34.9 Å². The number of aromatic nitrogens is 2. The highest BCUT2D eigenvalue weighted by Crippen LogP contribution is 2.42. The average molecular weight is 564 g/mol. The highest BCUT2D eigenvalue weighted by Gasteiger charge is 2.60. The number of unbranched alkanes of at least 4 members (excludes halogenated alkanes) is 11. The second kappa shape index (κ2) is 18.3. The number of aliphatic hydroxyl groups excluding tert-OH is 1. The van der Waals surface area contributed by atoms with E-state index >= 15 is 0 Å². The van der Waals surface area contributed by atoms with Crippen LogP contribution >= 0.6 is 12.4 Å². The fourth-order valence-corrected chi connectivity index (χ4v) is 4.30. The molecule has 0 amide bonds. The van der Waals surface area contributed by atoms with Gasteiger partial charge in [-0.05, 0) is 38.2 Å². The van der Waals surface area contributed by atoms with E-state index in [9.17, 15) is 23.5 Å². The molecule has 1 aromatic heterocycles. The van der Waals surface area contributed by atoms with Crippen LogP contribution in [-0.2, 0) is 14.3 Å². The Balaban J connectivity index is 0.00000722. The van der Waals surface area contributed by atoms with Crippen molar-refractivity contribution >= 4 is 24.2 Å². The van der Waals surface area contributed by atoms with Crippen LogP contribution in [0.5, 0.6) is 0 Å². The number of alkyl halides is 2. The maximum Gasteiger partial charge on any atom is 0.351 e. The van der Waals surface area contributed by atoms with Gasteiger partial charge in [0.1, 0.15) is 18.5 Å². The van der Waals surface area contributed by atoms with Crippen LogP contribution in [0.25, 0.3) is 0 Å². The Labute approximate surface area is 230 Å². The minimum Gasteiger partial charge on any atom is -0.463 e. The lowest BCUT2D eigenvalue weighted by Gasteiger charge is -2.20. The zero-order chi connectivity index (χ0) is 27.1. The number of hydrogen-bond donors (Lipinski definition) is 2. The minimum atomic E-state index is -3.78. The molecule has 0 radical (unpaired) electrons. The van der Waals surface area contributed by atoms with Crippen LogP contribution in [0.3, 0.4) is 0 Å². The third-order valence-corrected chi connectivity index (χ3v) is 6.53. The predicted octanol–water partition coefficient (Wildman–Crippen LogP) is 5.72. The number of allylic oxidation sites excluding steroid dienone is 2. The number of rotatable bonds is 18. The largest absolute Gasteiger partial charge is 0.463 e. The van der Waals surface area contributed by atoms with Gasteiger partial charge >= 0.3 is 17.6 Å². The molecule has 2 rings (SSSR count). The molecule has 0 aliphatic carbocycles. The molecule has 1 aliphatic rings. The molecule has 1 aromatic rings. The molecule has 1 saturated heterocycles. The summed E-state index contributed by atoms with van der Waals surface area (Å²) in [6.07, 6.45) is 14.8. The van der Waals surface area contributed by atoms with Crippen molar-refractivity contribution in [2.24, 2.45) is 0 Å². The monoisotopic (exact) mass is 563 g/mol. The normalized spacial score (nSPS) is 20.5. The summed E-state index contributed by atoms with van der Waals surface area (Å²) >= 11 is 0. The number of nitrogens with zero attached hydrogens (tertiary/aromatic N) is 2. The molecule has 0 unspecified atom stereocenters. The van der Waals surface area contributed by atoms with Gasteiger partial charge in [0, 0.05) is 12.6 Å². The zero-order valence-corrected chi connectivity index (χ0v) is 23.2. The number of carbonyl (C=O) groups excluding carboxylic acids is 1. The van der Waals surface area contributed by atoms with Crippen molar-refractivity contribution in [3.63, 3.8) is 0 Å². The number of halogens is 3. The fraction of sp³-hybridized carbons (Fsp3) is 0.741. The molecule has 8 nitrogen and oxygen atoms in total. The fourth-order valence-electron chi connectivity index (χ4n) is 4.30. The highest BCUT2D eigenvalue weighted by molar-refractivity contribution is 5.85. The van der Waals surface area contributed by atoms with Gasteiger partial charge in [-0.25, -0.2) is 4.79 Å². The Bertz CT molecular complexity index is 900. The van der Waals surface area contributed by atoms with Gasteiger partial charge in [-0.1, -0.05) is 70.4 Å². The number of nitrogen functional groups attached to an aromatic ring is 1. The van der Waals surface area contributed by atoms with Gasteiger partial charge in [-0.2, -0.15) is 13.8 Å². The number of anilines is 1. The summed E-state index contributed by atoms with van der Waals surface area (Å²) in [5.74, 6) is -4.43. The number of ether oxygens (including phenoxy) is 2. The molecular formula is C27H44ClF2N3O5. The molecule has 11 heteroatoms. The molecule has 38 heavy (non-hydrogen) atoms. The number of esters is 1. The Morgan fingerprint density at radius 2 is 1.68 bits per heavy atom. The topological polar surface area (TPSA) is 117 Å². The molecule has 3 atom stereocenters. The summed E-state index contributed by atoms with van der Waals surface area (Å²) in [5, 5.41) is 9.99. The molecule has 2 heterocycles. The lowest BCUT2D eigenvalue weighted by atomic mass is 10.1. The first kappa shape index (κ1) is 34.0. The van der Waals surface area contributed by atoms with E-state index in [4.69, 9.17) is 15.2 Å². The van der Waals surface area contributed by atoms with E-state index in [-0.39, 0.29) is 24.6 Å². The standard InChI is InChI=1S/C27H43F2N3O5.ClH/c1-2-3-4-5-6-7-8-9-10-11-12-13-14-15-16-17-23(33)36-20-21-24(34)27(28,29)25(37-21)32-19-18-22(30)31-26(32)35;/h9-10,18-19,21,24-25,34H,2-8,11-17,20H2,1H3,(H2,30,31,35);1H/b10-9+;/t21-,24-,25-;/m1./s1. The molecule has 0 bridgehead atoms. The van der Waals surface area contributed by atoms with Gasteiger partial charge in [-0.15, -0.1) is 12.4 Å². The maximum atomic E-state index is 14.5. The first-order chi connectivity index (χ1) is 17.8. The Hall–Kier alpha value is -2.04. The Morgan fingerprint density at radius 1 is 1.11 bits per heavy atom. The lowest BCUT2D eigenvalue weighted by Crippen LogP contribution is -2.42. The van der Waals surface area contributed by atoms with Crippen LogP contribution in [0.2, 0.25) is 0 Å². The van der Waals surface area contributed by atoms with Gasteiger partial charge in [0.05, 0.1) is 0 Å². The molecule has 218 valence electrons.